The normalized spacial score (nSPS) is 24.1. The van der Waals surface area contributed by atoms with Gasteiger partial charge in [-0.1, -0.05) is 13.0 Å². The number of hydrogen-bond donors (Lipinski definition) is 2. The van der Waals surface area contributed by atoms with Crippen molar-refractivity contribution >= 4 is 5.69 Å². The molecule has 0 aliphatic heterocycles. The minimum Gasteiger partial charge on any atom is -0.399 e. The molecule has 0 saturated heterocycles. The Bertz CT molecular complexity index is 351. The molecule has 2 unspecified atom stereocenters. The van der Waals surface area contributed by atoms with E-state index < -0.39 is 0 Å². The summed E-state index contributed by atoms with van der Waals surface area (Å²) in [5.41, 5.74) is 6.64. The molecule has 82 valence electrons. The maximum absolute atomic E-state index is 13.3. The van der Waals surface area contributed by atoms with Crippen LogP contribution in [0.2, 0.25) is 0 Å². The van der Waals surface area contributed by atoms with E-state index >= 15 is 0 Å². The van der Waals surface area contributed by atoms with Gasteiger partial charge in [0.05, 0.1) is 0 Å². The lowest BCUT2D eigenvalue weighted by Crippen LogP contribution is -2.17. The first-order valence-corrected chi connectivity index (χ1v) is 5.41. The Kier molecular flexibility index (Phi) is 2.91. The van der Waals surface area contributed by atoms with E-state index in [9.17, 15) is 4.39 Å². The van der Waals surface area contributed by atoms with Crippen LogP contribution in [0.5, 0.6) is 0 Å². The van der Waals surface area contributed by atoms with E-state index in [1.165, 1.54) is 12.5 Å². The minimum atomic E-state index is -0.216. The van der Waals surface area contributed by atoms with Crippen molar-refractivity contribution in [2.75, 3.05) is 12.3 Å². The second kappa shape index (κ2) is 4.19. The molecule has 0 aromatic heterocycles. The highest BCUT2D eigenvalue weighted by molar-refractivity contribution is 5.40. The summed E-state index contributed by atoms with van der Waals surface area (Å²) in [5, 5.41) is 3.27. The zero-order chi connectivity index (χ0) is 10.8. The number of benzene rings is 1. The number of anilines is 1. The molecule has 0 bridgehead atoms. The van der Waals surface area contributed by atoms with Gasteiger partial charge in [-0.2, -0.15) is 0 Å². The Hall–Kier alpha value is -1.09. The van der Waals surface area contributed by atoms with Gasteiger partial charge in [0.15, 0.2) is 0 Å². The first-order valence-electron chi connectivity index (χ1n) is 5.41. The SMILES string of the molecule is CC1CC1CNCc1ccc(N)cc1F. The van der Waals surface area contributed by atoms with Crippen LogP contribution in [0.15, 0.2) is 18.2 Å². The molecular formula is C12H17FN2. The summed E-state index contributed by atoms with van der Waals surface area (Å²) in [6.07, 6.45) is 1.30. The molecule has 2 atom stereocenters. The van der Waals surface area contributed by atoms with E-state index in [1.807, 2.05) is 0 Å². The van der Waals surface area contributed by atoms with Crippen LogP contribution in [-0.2, 0) is 6.54 Å². The zero-order valence-electron chi connectivity index (χ0n) is 8.96. The van der Waals surface area contributed by atoms with Crippen molar-refractivity contribution in [1.29, 1.82) is 0 Å². The van der Waals surface area contributed by atoms with Gasteiger partial charge >= 0.3 is 0 Å². The molecule has 3 N–H and O–H groups in total. The summed E-state index contributed by atoms with van der Waals surface area (Å²) < 4.78 is 13.3. The third-order valence-electron chi connectivity index (χ3n) is 3.08. The molecule has 1 aliphatic carbocycles. The van der Waals surface area contributed by atoms with Crippen molar-refractivity contribution in [2.45, 2.75) is 19.9 Å². The Morgan fingerprint density at radius 1 is 1.53 bits per heavy atom. The molecule has 0 radical (unpaired) electrons. The van der Waals surface area contributed by atoms with Crippen molar-refractivity contribution in [3.63, 3.8) is 0 Å². The molecule has 1 fully saturated rings. The van der Waals surface area contributed by atoms with E-state index in [4.69, 9.17) is 5.73 Å². The third-order valence-corrected chi connectivity index (χ3v) is 3.08. The molecule has 2 nitrogen and oxygen atoms in total. The van der Waals surface area contributed by atoms with Gasteiger partial charge < -0.3 is 11.1 Å². The number of hydrogen-bond acceptors (Lipinski definition) is 2. The summed E-state index contributed by atoms with van der Waals surface area (Å²) in [6, 6.07) is 4.85. The molecule has 3 heteroatoms. The fourth-order valence-corrected chi connectivity index (χ4v) is 1.78. The van der Waals surface area contributed by atoms with Crippen LogP contribution >= 0.6 is 0 Å². The predicted molar refractivity (Wildman–Crippen MR) is 59.8 cm³/mol. The van der Waals surface area contributed by atoms with Crippen LogP contribution in [-0.4, -0.2) is 6.54 Å². The molecule has 0 heterocycles. The smallest absolute Gasteiger partial charge is 0.129 e. The van der Waals surface area contributed by atoms with Crippen LogP contribution in [0.25, 0.3) is 0 Å². The van der Waals surface area contributed by atoms with Gasteiger partial charge in [-0.25, -0.2) is 4.39 Å². The van der Waals surface area contributed by atoms with Gasteiger partial charge in [-0.15, -0.1) is 0 Å². The second-order valence-corrected chi connectivity index (χ2v) is 4.45. The average molecular weight is 208 g/mol. The maximum atomic E-state index is 13.3. The van der Waals surface area contributed by atoms with Crippen LogP contribution in [0.3, 0.4) is 0 Å². The number of nitrogen functional groups attached to an aromatic ring is 1. The Morgan fingerprint density at radius 3 is 2.87 bits per heavy atom. The molecule has 1 saturated carbocycles. The number of rotatable bonds is 4. The van der Waals surface area contributed by atoms with E-state index in [-0.39, 0.29) is 5.82 Å². The number of halogens is 1. The monoisotopic (exact) mass is 208 g/mol. The molecule has 1 aliphatic rings. The Balaban J connectivity index is 1.82. The summed E-state index contributed by atoms with van der Waals surface area (Å²) >= 11 is 0. The molecule has 2 rings (SSSR count). The summed E-state index contributed by atoms with van der Waals surface area (Å²) in [4.78, 5) is 0. The van der Waals surface area contributed by atoms with E-state index in [2.05, 4.69) is 12.2 Å². The van der Waals surface area contributed by atoms with Gasteiger partial charge in [0, 0.05) is 17.8 Å². The van der Waals surface area contributed by atoms with Crippen molar-refractivity contribution in [2.24, 2.45) is 11.8 Å². The quantitative estimate of drug-likeness (QED) is 0.744. The van der Waals surface area contributed by atoms with Crippen molar-refractivity contribution in [3.8, 4) is 0 Å². The summed E-state index contributed by atoms with van der Waals surface area (Å²) in [6.45, 7) is 3.83. The van der Waals surface area contributed by atoms with Gasteiger partial charge in [0.2, 0.25) is 0 Å². The average Bonchev–Trinajstić information content (AvgIpc) is 2.86. The lowest BCUT2D eigenvalue weighted by Gasteiger charge is -2.05. The first-order chi connectivity index (χ1) is 7.16. The maximum Gasteiger partial charge on any atom is 0.129 e. The number of nitrogens with two attached hydrogens (primary N) is 1. The predicted octanol–water partition coefficient (Wildman–Crippen LogP) is 2.15. The highest BCUT2D eigenvalue weighted by atomic mass is 19.1. The van der Waals surface area contributed by atoms with E-state index in [0.29, 0.717) is 17.8 Å². The lowest BCUT2D eigenvalue weighted by atomic mass is 10.2. The van der Waals surface area contributed by atoms with Gasteiger partial charge in [0.25, 0.3) is 0 Å². The fourth-order valence-electron chi connectivity index (χ4n) is 1.78. The Labute approximate surface area is 89.7 Å². The first kappa shape index (κ1) is 10.4. The zero-order valence-corrected chi connectivity index (χ0v) is 8.96. The van der Waals surface area contributed by atoms with Crippen molar-refractivity contribution in [3.05, 3.63) is 29.6 Å². The molecular weight excluding hydrogens is 191 g/mol. The highest BCUT2D eigenvalue weighted by Gasteiger charge is 2.31. The van der Waals surface area contributed by atoms with Crippen LogP contribution in [0.4, 0.5) is 10.1 Å². The van der Waals surface area contributed by atoms with Crippen LogP contribution < -0.4 is 11.1 Å². The second-order valence-electron chi connectivity index (χ2n) is 4.45. The fraction of sp³-hybridized carbons (Fsp3) is 0.500. The molecule has 1 aromatic rings. The topological polar surface area (TPSA) is 38.0 Å². The summed E-state index contributed by atoms with van der Waals surface area (Å²) in [5.74, 6) is 1.42. The van der Waals surface area contributed by atoms with Gasteiger partial charge in [0.1, 0.15) is 5.82 Å². The molecule has 15 heavy (non-hydrogen) atoms. The van der Waals surface area contributed by atoms with Gasteiger partial charge in [-0.05, 0) is 36.9 Å². The molecule has 0 spiro atoms. The van der Waals surface area contributed by atoms with Crippen molar-refractivity contribution in [1.82, 2.24) is 5.32 Å². The molecule has 0 amide bonds. The third kappa shape index (κ3) is 2.69. The lowest BCUT2D eigenvalue weighted by molar-refractivity contribution is 0.570. The summed E-state index contributed by atoms with van der Waals surface area (Å²) in [7, 11) is 0. The Morgan fingerprint density at radius 2 is 2.27 bits per heavy atom. The highest BCUT2D eigenvalue weighted by Crippen LogP contribution is 2.36. The van der Waals surface area contributed by atoms with Gasteiger partial charge in [-0.3, -0.25) is 0 Å². The minimum absolute atomic E-state index is 0.216. The number of nitrogens with one attached hydrogen (secondary N) is 1. The molecule has 1 aromatic carbocycles. The van der Waals surface area contributed by atoms with Crippen molar-refractivity contribution < 1.29 is 4.39 Å². The van der Waals surface area contributed by atoms with Crippen LogP contribution in [0, 0.1) is 17.7 Å². The standard InChI is InChI=1S/C12H17FN2/c1-8-4-10(8)7-15-6-9-2-3-11(14)5-12(9)13/h2-3,5,8,10,15H,4,6-7,14H2,1H3. The largest absolute Gasteiger partial charge is 0.399 e. The van der Waals surface area contributed by atoms with E-state index in [1.54, 1.807) is 12.1 Å². The van der Waals surface area contributed by atoms with Crippen LogP contribution in [0.1, 0.15) is 18.9 Å². The van der Waals surface area contributed by atoms with E-state index in [0.717, 1.165) is 18.4 Å².